The molecule has 10 heteroatoms. The van der Waals surface area contributed by atoms with Gasteiger partial charge >= 0.3 is 0 Å². The van der Waals surface area contributed by atoms with Gasteiger partial charge in [0.25, 0.3) is 11.6 Å². The molecule has 0 spiro atoms. The number of nitrogens with one attached hydrogen (secondary N) is 2. The molecule has 2 N–H and O–H groups in total. The van der Waals surface area contributed by atoms with E-state index >= 15 is 0 Å². The molecule has 2 aromatic heterocycles. The summed E-state index contributed by atoms with van der Waals surface area (Å²) in [6, 6.07) is 22.8. The number of nitrogens with zero attached hydrogens (tertiary/aromatic N) is 5. The molecule has 38 heavy (non-hydrogen) atoms. The summed E-state index contributed by atoms with van der Waals surface area (Å²) in [7, 11) is 0. The number of nitro benzene ring substituents is 1. The zero-order valence-electron chi connectivity index (χ0n) is 20.2. The molecule has 1 atom stereocenters. The number of carbonyl (C=O) groups excluding carboxylic acids is 1. The smallest absolute Gasteiger partial charge is 0.269 e. The van der Waals surface area contributed by atoms with Crippen LogP contribution < -0.4 is 10.6 Å². The Bertz CT molecular complexity index is 1740. The third-order valence-corrected chi connectivity index (χ3v) is 6.44. The Hall–Kier alpha value is -5.38. The molecule has 3 aromatic carbocycles. The van der Waals surface area contributed by atoms with Crippen LogP contribution in [0.5, 0.6) is 0 Å². The van der Waals surface area contributed by atoms with Crippen molar-refractivity contribution in [3.63, 3.8) is 0 Å². The van der Waals surface area contributed by atoms with Gasteiger partial charge in [0.05, 0.1) is 22.4 Å². The van der Waals surface area contributed by atoms with Gasteiger partial charge in [-0.05, 0) is 35.4 Å². The normalized spacial score (nSPS) is 14.6. The predicted octanol–water partition coefficient (Wildman–Crippen LogP) is 5.33. The summed E-state index contributed by atoms with van der Waals surface area (Å²) in [5.74, 6) is 0.522. The van der Waals surface area contributed by atoms with Crippen molar-refractivity contribution < 1.29 is 9.72 Å². The van der Waals surface area contributed by atoms with E-state index in [4.69, 9.17) is 10.1 Å². The van der Waals surface area contributed by atoms with Gasteiger partial charge in [-0.25, -0.2) is 4.68 Å². The van der Waals surface area contributed by atoms with Crippen molar-refractivity contribution >= 4 is 34.0 Å². The lowest BCUT2D eigenvalue weighted by molar-refractivity contribution is -0.384. The monoisotopic (exact) mass is 503 g/mol. The average molecular weight is 504 g/mol. The molecule has 10 nitrogen and oxygen atoms in total. The lowest BCUT2D eigenvalue weighted by Crippen LogP contribution is -2.31. The first kappa shape index (κ1) is 23.0. The van der Waals surface area contributed by atoms with Gasteiger partial charge in [0.2, 0.25) is 5.95 Å². The highest BCUT2D eigenvalue weighted by molar-refractivity contribution is 6.06. The zero-order valence-corrected chi connectivity index (χ0v) is 20.2. The number of pyridine rings is 1. The Labute approximate surface area is 216 Å². The quantitative estimate of drug-likeness (QED) is 0.245. The zero-order chi connectivity index (χ0) is 26.2. The summed E-state index contributed by atoms with van der Waals surface area (Å²) in [6.45, 7) is 1.78. The molecular weight excluding hydrogens is 482 g/mol. The van der Waals surface area contributed by atoms with E-state index in [2.05, 4.69) is 15.6 Å². The van der Waals surface area contributed by atoms with Crippen molar-refractivity contribution in [2.45, 2.75) is 13.0 Å². The maximum atomic E-state index is 13.6. The lowest BCUT2D eigenvalue weighted by atomic mass is 9.94. The number of benzene rings is 3. The summed E-state index contributed by atoms with van der Waals surface area (Å²) in [4.78, 5) is 33.6. The van der Waals surface area contributed by atoms with Crippen molar-refractivity contribution in [3.8, 4) is 11.4 Å². The molecule has 0 fully saturated rings. The highest BCUT2D eigenvalue weighted by Crippen LogP contribution is 2.38. The van der Waals surface area contributed by atoms with Crippen molar-refractivity contribution in [2.75, 3.05) is 10.6 Å². The van der Waals surface area contributed by atoms with Crippen molar-refractivity contribution in [1.29, 1.82) is 0 Å². The minimum absolute atomic E-state index is 0.0818. The molecule has 1 amide bonds. The number of hydrogen-bond donors (Lipinski definition) is 2. The molecule has 0 bridgehead atoms. The molecule has 186 valence electrons. The van der Waals surface area contributed by atoms with E-state index in [9.17, 15) is 14.9 Å². The van der Waals surface area contributed by atoms with E-state index < -0.39 is 11.0 Å². The van der Waals surface area contributed by atoms with E-state index in [1.54, 1.807) is 48.3 Å². The van der Waals surface area contributed by atoms with Crippen molar-refractivity contribution in [1.82, 2.24) is 19.7 Å². The van der Waals surface area contributed by atoms with Crippen molar-refractivity contribution in [2.24, 2.45) is 0 Å². The Morgan fingerprint density at radius 2 is 1.87 bits per heavy atom. The van der Waals surface area contributed by atoms with E-state index in [0.29, 0.717) is 34.3 Å². The molecule has 1 aliphatic heterocycles. The number of anilines is 2. The molecule has 1 unspecified atom stereocenters. The van der Waals surface area contributed by atoms with Crippen molar-refractivity contribution in [3.05, 3.63) is 118 Å². The number of non-ortho nitro benzene ring substituents is 1. The van der Waals surface area contributed by atoms with Crippen LogP contribution in [0.15, 0.2) is 103 Å². The number of amides is 1. The summed E-state index contributed by atoms with van der Waals surface area (Å²) >= 11 is 0. The number of fused-ring (bicyclic) bond motifs is 2. The second-order valence-electron chi connectivity index (χ2n) is 8.84. The van der Waals surface area contributed by atoms with Crippen LogP contribution in [0.1, 0.15) is 18.5 Å². The summed E-state index contributed by atoms with van der Waals surface area (Å²) in [6.07, 6.45) is 3.16. The largest absolute Gasteiger partial charge is 0.328 e. The first-order valence-electron chi connectivity index (χ1n) is 11.9. The molecular formula is C28H21N7O3. The van der Waals surface area contributed by atoms with Gasteiger partial charge < -0.3 is 10.6 Å². The second kappa shape index (κ2) is 9.25. The Balaban J connectivity index is 1.50. The first-order chi connectivity index (χ1) is 18.5. The molecule has 3 heterocycles. The average Bonchev–Trinajstić information content (AvgIpc) is 3.35. The number of hydrogen-bond acceptors (Lipinski definition) is 7. The van der Waals surface area contributed by atoms with Gasteiger partial charge in [-0.3, -0.25) is 19.9 Å². The highest BCUT2D eigenvalue weighted by atomic mass is 16.6. The summed E-state index contributed by atoms with van der Waals surface area (Å²) < 4.78 is 1.61. The third-order valence-electron chi connectivity index (χ3n) is 6.44. The second-order valence-corrected chi connectivity index (χ2v) is 8.84. The van der Waals surface area contributed by atoms with Crippen LogP contribution in [0.25, 0.3) is 22.2 Å². The van der Waals surface area contributed by atoms with E-state index in [1.165, 1.54) is 12.1 Å². The fraction of sp³-hybridized carbons (Fsp3) is 0.0714. The maximum absolute atomic E-state index is 13.6. The van der Waals surface area contributed by atoms with E-state index in [0.717, 1.165) is 16.3 Å². The SMILES string of the molecule is CC1=C(C(=O)Nc2cccnc2)C(c2cccc([N+](=O)[O-])c2)n2nc(-c3cccc4ccccc34)nc2N1. The standard InChI is InChI=1S/C28H21N7O3/c1-17-24(27(36)31-20-10-6-14-29-16-20)25(19-9-4-11-21(15-19)35(37)38)34-28(30-17)32-26(33-34)23-13-5-8-18-7-2-3-12-22(18)23/h2-16,25H,1H3,(H,31,36)(H,30,32,33). The van der Waals surface area contributed by atoms with E-state index in [1.807, 2.05) is 42.5 Å². The minimum atomic E-state index is -0.765. The topological polar surface area (TPSA) is 128 Å². The Morgan fingerprint density at radius 1 is 1.05 bits per heavy atom. The van der Waals surface area contributed by atoms with Gasteiger partial charge in [0.1, 0.15) is 6.04 Å². The van der Waals surface area contributed by atoms with Crippen LogP contribution in [0.2, 0.25) is 0 Å². The molecule has 0 aliphatic carbocycles. The van der Waals surface area contributed by atoms with Crippen LogP contribution in [0, 0.1) is 10.1 Å². The predicted molar refractivity (Wildman–Crippen MR) is 143 cm³/mol. The van der Waals surface area contributed by atoms with Gasteiger partial charge in [-0.15, -0.1) is 5.10 Å². The molecule has 6 rings (SSSR count). The first-order valence-corrected chi connectivity index (χ1v) is 11.9. The molecule has 5 aromatic rings. The molecule has 0 saturated heterocycles. The number of nitro groups is 1. The third kappa shape index (κ3) is 4.03. The van der Waals surface area contributed by atoms with Crippen LogP contribution in [-0.4, -0.2) is 30.6 Å². The summed E-state index contributed by atoms with van der Waals surface area (Å²) in [5.41, 5.74) is 2.73. The fourth-order valence-electron chi connectivity index (χ4n) is 4.73. The van der Waals surface area contributed by atoms with E-state index in [-0.39, 0.29) is 11.6 Å². The minimum Gasteiger partial charge on any atom is -0.328 e. The number of carbonyl (C=O) groups is 1. The van der Waals surface area contributed by atoms with Crippen LogP contribution >= 0.6 is 0 Å². The van der Waals surface area contributed by atoms with Crippen LogP contribution in [0.4, 0.5) is 17.3 Å². The number of aromatic nitrogens is 4. The highest BCUT2D eigenvalue weighted by Gasteiger charge is 2.35. The van der Waals surface area contributed by atoms with Crippen LogP contribution in [-0.2, 0) is 4.79 Å². The Morgan fingerprint density at radius 3 is 2.68 bits per heavy atom. The fourth-order valence-corrected chi connectivity index (χ4v) is 4.73. The number of allylic oxidation sites excluding steroid dienone is 1. The van der Waals surface area contributed by atoms with Crippen LogP contribution in [0.3, 0.4) is 0 Å². The number of rotatable bonds is 5. The van der Waals surface area contributed by atoms with Gasteiger partial charge in [-0.1, -0.05) is 54.6 Å². The maximum Gasteiger partial charge on any atom is 0.269 e. The molecule has 0 saturated carbocycles. The summed E-state index contributed by atoms with van der Waals surface area (Å²) in [5, 5.41) is 24.5. The Kier molecular flexibility index (Phi) is 5.61. The van der Waals surface area contributed by atoms with Gasteiger partial charge in [0.15, 0.2) is 5.82 Å². The molecule has 1 aliphatic rings. The lowest BCUT2D eigenvalue weighted by Gasteiger charge is -2.28. The van der Waals surface area contributed by atoms with Gasteiger partial charge in [0, 0.05) is 29.6 Å². The van der Waals surface area contributed by atoms with Gasteiger partial charge in [-0.2, -0.15) is 4.98 Å². The molecule has 0 radical (unpaired) electrons.